The molecule has 0 aromatic carbocycles. The van der Waals surface area contributed by atoms with Crippen LogP contribution in [-0.2, 0) is 0 Å². The number of likely N-dealkylation sites (tertiary alicyclic amines) is 1. The largest absolute Gasteiger partial charge is 0.490 e. The zero-order valence-corrected chi connectivity index (χ0v) is 9.06. The summed E-state index contributed by atoms with van der Waals surface area (Å²) in [5.74, 6) is -0.0390. The first-order valence-electron chi connectivity index (χ1n) is 5.18. The molecule has 0 aliphatic carbocycles. The van der Waals surface area contributed by atoms with E-state index in [2.05, 4.69) is 0 Å². The molecule has 0 unspecified atom stereocenters. The molecule has 5 nitrogen and oxygen atoms in total. The molecule has 1 fully saturated rings. The summed E-state index contributed by atoms with van der Waals surface area (Å²) in [6, 6.07) is 1.18. The Balaban J connectivity index is 2.23. The molecular weight excluding hydrogens is 210 g/mol. The fourth-order valence-corrected chi connectivity index (χ4v) is 1.74. The van der Waals surface area contributed by atoms with Crippen LogP contribution in [0.3, 0.4) is 0 Å². The van der Waals surface area contributed by atoms with Crippen molar-refractivity contribution in [1.29, 1.82) is 0 Å². The molecule has 0 atom stereocenters. The maximum atomic E-state index is 11.9. The molecule has 2 rings (SSSR count). The van der Waals surface area contributed by atoms with E-state index < -0.39 is 0 Å². The van der Waals surface area contributed by atoms with Gasteiger partial charge in [-0.1, -0.05) is 0 Å². The van der Waals surface area contributed by atoms with Gasteiger partial charge in [0.05, 0.1) is 7.11 Å². The van der Waals surface area contributed by atoms with Crippen molar-refractivity contribution in [2.45, 2.75) is 12.8 Å². The highest BCUT2D eigenvalue weighted by molar-refractivity contribution is 5.91. The second-order valence-corrected chi connectivity index (χ2v) is 3.68. The first-order chi connectivity index (χ1) is 7.72. The molecule has 0 saturated carbocycles. The van der Waals surface area contributed by atoms with Crippen molar-refractivity contribution in [2.24, 2.45) is 0 Å². The number of carbonyl (C=O) groups excluding carboxylic acids is 1. The number of hydrogen-bond donors (Lipinski definition) is 0. The van der Waals surface area contributed by atoms with Crippen molar-refractivity contribution < 1.29 is 13.9 Å². The van der Waals surface area contributed by atoms with Crippen LogP contribution in [0.25, 0.3) is 0 Å². The number of ether oxygens (including phenoxy) is 1. The number of amides is 1. The Morgan fingerprint density at radius 3 is 2.69 bits per heavy atom. The Morgan fingerprint density at radius 1 is 1.44 bits per heavy atom. The molecule has 1 amide bonds. The number of rotatable bonds is 2. The van der Waals surface area contributed by atoms with E-state index in [-0.39, 0.29) is 22.8 Å². The van der Waals surface area contributed by atoms with Crippen molar-refractivity contribution in [3.63, 3.8) is 0 Å². The molecule has 16 heavy (non-hydrogen) atoms. The Hall–Kier alpha value is -1.78. The van der Waals surface area contributed by atoms with Gasteiger partial charge in [0.25, 0.3) is 5.91 Å². The summed E-state index contributed by atoms with van der Waals surface area (Å²) < 4.78 is 9.86. The van der Waals surface area contributed by atoms with Crippen LogP contribution in [0.1, 0.15) is 23.4 Å². The zero-order valence-electron chi connectivity index (χ0n) is 9.06. The topological polar surface area (TPSA) is 59.8 Å². The van der Waals surface area contributed by atoms with Gasteiger partial charge in [0.1, 0.15) is 6.26 Å². The van der Waals surface area contributed by atoms with Crippen LogP contribution in [-0.4, -0.2) is 31.0 Å². The van der Waals surface area contributed by atoms with Crippen molar-refractivity contribution in [3.8, 4) is 5.75 Å². The lowest BCUT2D eigenvalue weighted by Gasteiger charge is -2.13. The molecule has 2 heterocycles. The van der Waals surface area contributed by atoms with E-state index in [1.54, 1.807) is 4.90 Å². The minimum Gasteiger partial charge on any atom is -0.490 e. The highest BCUT2D eigenvalue weighted by atomic mass is 16.5. The van der Waals surface area contributed by atoms with E-state index in [9.17, 15) is 9.59 Å². The molecule has 5 heteroatoms. The maximum absolute atomic E-state index is 11.9. The van der Waals surface area contributed by atoms with E-state index in [0.717, 1.165) is 25.9 Å². The SMILES string of the molecule is COc1coc(C(=O)N2CCCC2)cc1=O. The average Bonchev–Trinajstić information content (AvgIpc) is 2.81. The van der Waals surface area contributed by atoms with Crippen LogP contribution in [0.4, 0.5) is 0 Å². The lowest BCUT2D eigenvalue weighted by atomic mass is 10.3. The summed E-state index contributed by atoms with van der Waals surface area (Å²) in [6.45, 7) is 1.46. The van der Waals surface area contributed by atoms with Gasteiger partial charge < -0.3 is 14.1 Å². The second-order valence-electron chi connectivity index (χ2n) is 3.68. The number of methoxy groups -OCH3 is 1. The minimum absolute atomic E-state index is 0.0766. The van der Waals surface area contributed by atoms with Crippen LogP contribution in [0, 0.1) is 0 Å². The highest BCUT2D eigenvalue weighted by Gasteiger charge is 2.22. The van der Waals surface area contributed by atoms with E-state index in [0.29, 0.717) is 0 Å². The average molecular weight is 223 g/mol. The molecule has 1 aliphatic rings. The van der Waals surface area contributed by atoms with Crippen molar-refractivity contribution >= 4 is 5.91 Å². The van der Waals surface area contributed by atoms with Crippen LogP contribution >= 0.6 is 0 Å². The highest BCUT2D eigenvalue weighted by Crippen LogP contribution is 2.13. The molecule has 0 N–H and O–H groups in total. The summed E-state index contributed by atoms with van der Waals surface area (Å²) in [5.41, 5.74) is -0.337. The summed E-state index contributed by atoms with van der Waals surface area (Å²) in [6.07, 6.45) is 3.18. The Labute approximate surface area is 92.6 Å². The minimum atomic E-state index is -0.337. The number of hydrogen-bond acceptors (Lipinski definition) is 4. The third kappa shape index (κ3) is 1.93. The van der Waals surface area contributed by atoms with Gasteiger partial charge in [0, 0.05) is 19.2 Å². The maximum Gasteiger partial charge on any atom is 0.289 e. The fraction of sp³-hybridized carbons (Fsp3) is 0.455. The zero-order chi connectivity index (χ0) is 11.5. The summed E-state index contributed by atoms with van der Waals surface area (Å²) in [4.78, 5) is 25.0. The summed E-state index contributed by atoms with van der Waals surface area (Å²) >= 11 is 0. The summed E-state index contributed by atoms with van der Waals surface area (Å²) in [5, 5.41) is 0. The quantitative estimate of drug-likeness (QED) is 0.746. The molecular formula is C11H13NO4. The van der Waals surface area contributed by atoms with Crippen molar-refractivity contribution in [3.05, 3.63) is 28.3 Å². The first kappa shape index (κ1) is 10.7. The predicted molar refractivity (Wildman–Crippen MR) is 56.7 cm³/mol. The molecule has 1 aliphatic heterocycles. The van der Waals surface area contributed by atoms with Gasteiger partial charge in [0.2, 0.25) is 11.2 Å². The van der Waals surface area contributed by atoms with Gasteiger partial charge in [-0.2, -0.15) is 0 Å². The van der Waals surface area contributed by atoms with Crippen LogP contribution < -0.4 is 10.2 Å². The Kier molecular flexibility index (Phi) is 2.94. The lowest BCUT2D eigenvalue weighted by Crippen LogP contribution is -2.28. The summed E-state index contributed by atoms with van der Waals surface area (Å²) in [7, 11) is 1.38. The number of carbonyl (C=O) groups is 1. The predicted octanol–water partition coefficient (Wildman–Crippen LogP) is 0.884. The van der Waals surface area contributed by atoms with Gasteiger partial charge in [0.15, 0.2) is 5.76 Å². The molecule has 0 radical (unpaired) electrons. The first-order valence-corrected chi connectivity index (χ1v) is 5.18. The molecule has 1 aromatic rings. The molecule has 0 spiro atoms. The monoisotopic (exact) mass is 223 g/mol. The van der Waals surface area contributed by atoms with Gasteiger partial charge in [-0.05, 0) is 12.8 Å². The van der Waals surface area contributed by atoms with Crippen molar-refractivity contribution in [1.82, 2.24) is 4.90 Å². The van der Waals surface area contributed by atoms with E-state index in [1.807, 2.05) is 0 Å². The van der Waals surface area contributed by atoms with Gasteiger partial charge in [-0.3, -0.25) is 9.59 Å². The van der Waals surface area contributed by atoms with Crippen LogP contribution in [0.15, 0.2) is 21.5 Å². The van der Waals surface area contributed by atoms with Gasteiger partial charge in [-0.25, -0.2) is 0 Å². The standard InChI is InChI=1S/C11H13NO4/c1-15-10-7-16-9(6-8(10)13)11(14)12-4-2-3-5-12/h6-7H,2-5H2,1H3. The Bertz CT molecular complexity index is 446. The molecule has 1 saturated heterocycles. The molecule has 1 aromatic heterocycles. The third-order valence-corrected chi connectivity index (χ3v) is 2.62. The van der Waals surface area contributed by atoms with Crippen LogP contribution in [0.5, 0.6) is 5.75 Å². The number of nitrogens with zero attached hydrogens (tertiary/aromatic N) is 1. The molecule has 0 bridgehead atoms. The van der Waals surface area contributed by atoms with E-state index >= 15 is 0 Å². The van der Waals surface area contributed by atoms with Crippen molar-refractivity contribution in [2.75, 3.05) is 20.2 Å². The van der Waals surface area contributed by atoms with Gasteiger partial charge in [-0.15, -0.1) is 0 Å². The van der Waals surface area contributed by atoms with E-state index in [4.69, 9.17) is 9.15 Å². The van der Waals surface area contributed by atoms with Gasteiger partial charge >= 0.3 is 0 Å². The van der Waals surface area contributed by atoms with E-state index in [1.165, 1.54) is 19.4 Å². The normalized spacial score (nSPS) is 15.2. The van der Waals surface area contributed by atoms with Crippen LogP contribution in [0.2, 0.25) is 0 Å². The molecule has 86 valence electrons. The third-order valence-electron chi connectivity index (χ3n) is 2.62. The smallest absolute Gasteiger partial charge is 0.289 e. The Morgan fingerprint density at radius 2 is 2.12 bits per heavy atom. The fourth-order valence-electron chi connectivity index (χ4n) is 1.74. The second kappa shape index (κ2) is 4.38. The lowest BCUT2D eigenvalue weighted by molar-refractivity contribution is 0.0758.